The molecular formula is C18H24FN3O2. The molecule has 0 aliphatic carbocycles. The van der Waals surface area contributed by atoms with E-state index >= 15 is 0 Å². The van der Waals surface area contributed by atoms with Crippen LogP contribution < -0.4 is 5.73 Å². The Labute approximate surface area is 141 Å². The minimum absolute atomic E-state index is 0.131. The largest absolute Gasteiger partial charge is 0.342 e. The predicted octanol–water partition coefficient (Wildman–Crippen LogP) is 1.63. The van der Waals surface area contributed by atoms with E-state index in [-0.39, 0.29) is 29.6 Å². The number of amides is 2. The van der Waals surface area contributed by atoms with Crippen molar-refractivity contribution in [3.63, 3.8) is 0 Å². The van der Waals surface area contributed by atoms with E-state index < -0.39 is 0 Å². The fourth-order valence-electron chi connectivity index (χ4n) is 3.52. The third kappa shape index (κ3) is 3.75. The standard InChI is InChI=1S/C18H24FN3O2/c19-15-5-3-13(4-6-15)17(23)22-9-1-2-14(12-22)18(24)21-10-7-16(20)8-11-21/h3-6,14,16H,1-2,7-12,20H2. The van der Waals surface area contributed by atoms with Gasteiger partial charge >= 0.3 is 0 Å². The number of halogens is 1. The molecule has 1 atom stereocenters. The molecule has 2 saturated heterocycles. The normalized spacial score (nSPS) is 22.5. The maximum atomic E-state index is 13.0. The average Bonchev–Trinajstić information content (AvgIpc) is 2.62. The van der Waals surface area contributed by atoms with Crippen LogP contribution in [0, 0.1) is 11.7 Å². The number of benzene rings is 1. The van der Waals surface area contributed by atoms with Crippen molar-refractivity contribution in [3.05, 3.63) is 35.6 Å². The Balaban J connectivity index is 1.62. The number of carbonyl (C=O) groups is 2. The Morgan fingerprint density at radius 1 is 1.00 bits per heavy atom. The number of hydrogen-bond donors (Lipinski definition) is 1. The molecule has 2 aliphatic rings. The molecule has 0 aromatic heterocycles. The van der Waals surface area contributed by atoms with Crippen molar-refractivity contribution in [1.82, 2.24) is 9.80 Å². The lowest BCUT2D eigenvalue weighted by atomic mass is 9.94. The van der Waals surface area contributed by atoms with Crippen molar-refractivity contribution in [1.29, 1.82) is 0 Å². The fraction of sp³-hybridized carbons (Fsp3) is 0.556. The smallest absolute Gasteiger partial charge is 0.253 e. The second-order valence-corrected chi connectivity index (χ2v) is 6.76. The molecule has 2 amide bonds. The minimum atomic E-state index is -0.360. The molecule has 6 heteroatoms. The zero-order valence-electron chi connectivity index (χ0n) is 13.8. The van der Waals surface area contributed by atoms with Crippen LogP contribution in [0.15, 0.2) is 24.3 Å². The molecule has 0 spiro atoms. The summed E-state index contributed by atoms with van der Waals surface area (Å²) in [5.41, 5.74) is 6.36. The predicted molar refractivity (Wildman–Crippen MR) is 88.8 cm³/mol. The van der Waals surface area contributed by atoms with Gasteiger partial charge in [-0.15, -0.1) is 0 Å². The van der Waals surface area contributed by atoms with Gasteiger partial charge in [0.05, 0.1) is 5.92 Å². The van der Waals surface area contributed by atoms with E-state index in [0.717, 1.165) is 25.7 Å². The minimum Gasteiger partial charge on any atom is -0.342 e. The SMILES string of the molecule is NC1CCN(C(=O)C2CCCN(C(=O)c3ccc(F)cc3)C2)CC1. The Morgan fingerprint density at radius 2 is 1.67 bits per heavy atom. The van der Waals surface area contributed by atoms with Gasteiger partial charge in [0.25, 0.3) is 5.91 Å². The van der Waals surface area contributed by atoms with Crippen molar-refractivity contribution >= 4 is 11.8 Å². The van der Waals surface area contributed by atoms with Crippen LogP contribution in [0.4, 0.5) is 4.39 Å². The van der Waals surface area contributed by atoms with Crippen LogP contribution in [-0.4, -0.2) is 53.8 Å². The molecule has 1 aromatic rings. The van der Waals surface area contributed by atoms with E-state index in [1.54, 1.807) is 4.90 Å². The van der Waals surface area contributed by atoms with Crippen molar-refractivity contribution < 1.29 is 14.0 Å². The number of nitrogens with zero attached hydrogens (tertiary/aromatic N) is 2. The van der Waals surface area contributed by atoms with Crippen molar-refractivity contribution in [2.24, 2.45) is 11.7 Å². The summed E-state index contributed by atoms with van der Waals surface area (Å²) in [5.74, 6) is -0.495. The molecular weight excluding hydrogens is 309 g/mol. The van der Waals surface area contributed by atoms with Gasteiger partial charge in [-0.25, -0.2) is 4.39 Å². The van der Waals surface area contributed by atoms with Gasteiger partial charge in [-0.2, -0.15) is 0 Å². The molecule has 2 heterocycles. The topological polar surface area (TPSA) is 66.6 Å². The molecule has 1 unspecified atom stereocenters. The van der Waals surface area contributed by atoms with E-state index in [9.17, 15) is 14.0 Å². The second kappa shape index (κ2) is 7.30. The lowest BCUT2D eigenvalue weighted by Gasteiger charge is -2.37. The van der Waals surface area contributed by atoms with Gasteiger partial charge in [-0.3, -0.25) is 9.59 Å². The third-order valence-electron chi connectivity index (χ3n) is 5.00. The molecule has 130 valence electrons. The summed E-state index contributed by atoms with van der Waals surface area (Å²) in [6.07, 6.45) is 3.32. The summed E-state index contributed by atoms with van der Waals surface area (Å²) in [7, 11) is 0. The van der Waals surface area contributed by atoms with Crippen molar-refractivity contribution in [3.8, 4) is 0 Å². The number of likely N-dealkylation sites (tertiary alicyclic amines) is 2. The maximum Gasteiger partial charge on any atom is 0.253 e. The number of piperidine rings is 2. The Hall–Kier alpha value is -1.95. The lowest BCUT2D eigenvalue weighted by molar-refractivity contribution is -0.138. The van der Waals surface area contributed by atoms with Crippen LogP contribution in [0.2, 0.25) is 0 Å². The molecule has 5 nitrogen and oxygen atoms in total. The highest BCUT2D eigenvalue weighted by Gasteiger charge is 2.32. The molecule has 0 bridgehead atoms. The summed E-state index contributed by atoms with van der Waals surface area (Å²) >= 11 is 0. The zero-order valence-corrected chi connectivity index (χ0v) is 13.8. The van der Waals surface area contributed by atoms with Gasteiger partial charge in [-0.05, 0) is 49.9 Å². The van der Waals surface area contributed by atoms with E-state index in [1.807, 2.05) is 4.90 Å². The van der Waals surface area contributed by atoms with Gasteiger partial charge in [0, 0.05) is 37.8 Å². The number of nitrogens with two attached hydrogens (primary N) is 1. The average molecular weight is 333 g/mol. The van der Waals surface area contributed by atoms with Gasteiger partial charge in [0.1, 0.15) is 5.82 Å². The van der Waals surface area contributed by atoms with E-state index in [0.29, 0.717) is 31.7 Å². The number of rotatable bonds is 2. The molecule has 0 saturated carbocycles. The third-order valence-corrected chi connectivity index (χ3v) is 5.00. The highest BCUT2D eigenvalue weighted by Crippen LogP contribution is 2.22. The lowest BCUT2D eigenvalue weighted by Crippen LogP contribution is -2.50. The Morgan fingerprint density at radius 3 is 2.33 bits per heavy atom. The first-order chi connectivity index (χ1) is 11.5. The molecule has 2 aliphatic heterocycles. The van der Waals surface area contributed by atoms with Gasteiger partial charge in [-0.1, -0.05) is 0 Å². The fourth-order valence-corrected chi connectivity index (χ4v) is 3.52. The van der Waals surface area contributed by atoms with Gasteiger partial charge in [0.15, 0.2) is 0 Å². The van der Waals surface area contributed by atoms with Crippen LogP contribution in [0.5, 0.6) is 0 Å². The summed E-state index contributed by atoms with van der Waals surface area (Å²) < 4.78 is 13.0. The van der Waals surface area contributed by atoms with Gasteiger partial charge in [0.2, 0.25) is 5.91 Å². The summed E-state index contributed by atoms with van der Waals surface area (Å²) in [4.78, 5) is 28.9. The first-order valence-corrected chi connectivity index (χ1v) is 8.64. The number of hydrogen-bond acceptors (Lipinski definition) is 3. The summed E-state index contributed by atoms with van der Waals surface area (Å²) in [6, 6.07) is 5.76. The van der Waals surface area contributed by atoms with Crippen LogP contribution in [0.1, 0.15) is 36.0 Å². The highest BCUT2D eigenvalue weighted by atomic mass is 19.1. The van der Waals surface area contributed by atoms with Crippen LogP contribution in [0.3, 0.4) is 0 Å². The van der Waals surface area contributed by atoms with Crippen LogP contribution in [0.25, 0.3) is 0 Å². The van der Waals surface area contributed by atoms with E-state index in [4.69, 9.17) is 5.73 Å². The zero-order chi connectivity index (χ0) is 17.1. The molecule has 2 fully saturated rings. The summed E-state index contributed by atoms with van der Waals surface area (Å²) in [6.45, 7) is 2.51. The molecule has 2 N–H and O–H groups in total. The second-order valence-electron chi connectivity index (χ2n) is 6.76. The first-order valence-electron chi connectivity index (χ1n) is 8.64. The molecule has 3 rings (SSSR count). The monoisotopic (exact) mass is 333 g/mol. The van der Waals surface area contributed by atoms with E-state index in [2.05, 4.69) is 0 Å². The summed E-state index contributed by atoms with van der Waals surface area (Å²) in [5, 5.41) is 0. The van der Waals surface area contributed by atoms with Crippen molar-refractivity contribution in [2.45, 2.75) is 31.7 Å². The van der Waals surface area contributed by atoms with Crippen LogP contribution >= 0.6 is 0 Å². The molecule has 0 radical (unpaired) electrons. The quantitative estimate of drug-likeness (QED) is 0.894. The maximum absolute atomic E-state index is 13.0. The van der Waals surface area contributed by atoms with Crippen LogP contribution in [-0.2, 0) is 4.79 Å². The Bertz CT molecular complexity index is 597. The molecule has 24 heavy (non-hydrogen) atoms. The van der Waals surface area contributed by atoms with E-state index in [1.165, 1.54) is 24.3 Å². The Kier molecular flexibility index (Phi) is 5.14. The van der Waals surface area contributed by atoms with Gasteiger partial charge < -0.3 is 15.5 Å². The molecule has 1 aromatic carbocycles. The first kappa shape index (κ1) is 16.9. The number of carbonyl (C=O) groups excluding carboxylic acids is 2. The highest BCUT2D eigenvalue weighted by molar-refractivity contribution is 5.94. The van der Waals surface area contributed by atoms with Crippen molar-refractivity contribution in [2.75, 3.05) is 26.2 Å².